The van der Waals surface area contributed by atoms with E-state index >= 15 is 0 Å². The second-order valence-corrected chi connectivity index (χ2v) is 4.74. The van der Waals surface area contributed by atoms with Crippen LogP contribution in [0.15, 0.2) is 22.0 Å². The Morgan fingerprint density at radius 1 is 1.57 bits per heavy atom. The number of nitrogens with zero attached hydrogens (tertiary/aromatic N) is 2. The van der Waals surface area contributed by atoms with Crippen LogP contribution in [0.5, 0.6) is 5.19 Å². The summed E-state index contributed by atoms with van der Waals surface area (Å²) in [7, 11) is 0. The predicted molar refractivity (Wildman–Crippen MR) is 60.3 cm³/mol. The van der Waals surface area contributed by atoms with E-state index in [4.69, 9.17) is 4.74 Å². The van der Waals surface area contributed by atoms with Gasteiger partial charge >= 0.3 is 0 Å². The van der Waals surface area contributed by atoms with Crippen molar-refractivity contribution < 1.29 is 4.74 Å². The van der Waals surface area contributed by atoms with Gasteiger partial charge in [-0.15, -0.1) is 0 Å². The average molecular weight is 244 g/mol. The summed E-state index contributed by atoms with van der Waals surface area (Å²) in [5.74, 6) is 0. The first kappa shape index (κ1) is 9.95. The van der Waals surface area contributed by atoms with Crippen LogP contribution in [0.2, 0.25) is 0 Å². The van der Waals surface area contributed by atoms with E-state index in [9.17, 15) is 0 Å². The third-order valence-electron chi connectivity index (χ3n) is 1.51. The lowest BCUT2D eigenvalue weighted by molar-refractivity contribution is 0.303. The first-order chi connectivity index (χ1) is 6.88. The van der Waals surface area contributed by atoms with Gasteiger partial charge in [0.05, 0.1) is 0 Å². The quantitative estimate of drug-likeness (QED) is 0.775. The summed E-state index contributed by atoms with van der Waals surface area (Å²) in [6.45, 7) is 0.576. The molecule has 2 rings (SSSR count). The van der Waals surface area contributed by atoms with E-state index in [2.05, 4.69) is 14.7 Å². The summed E-state index contributed by atoms with van der Waals surface area (Å²) in [6, 6.07) is 2.04. The molecule has 0 spiro atoms. The molecule has 0 aliphatic rings. The van der Waals surface area contributed by atoms with E-state index in [0.29, 0.717) is 11.8 Å². The highest BCUT2D eigenvalue weighted by Gasteiger charge is 2.03. The van der Waals surface area contributed by atoms with Gasteiger partial charge in [-0.1, -0.05) is 11.8 Å². The second-order valence-electron chi connectivity index (χ2n) is 2.47. The molecule has 6 heteroatoms. The van der Waals surface area contributed by atoms with Gasteiger partial charge in [0.25, 0.3) is 5.19 Å². The van der Waals surface area contributed by atoms with E-state index < -0.39 is 0 Å². The van der Waals surface area contributed by atoms with Crippen molar-refractivity contribution in [3.63, 3.8) is 0 Å². The molecule has 0 aromatic carbocycles. The first-order valence-electron chi connectivity index (χ1n) is 3.90. The molecule has 0 N–H and O–H groups in total. The molecule has 14 heavy (non-hydrogen) atoms. The van der Waals surface area contributed by atoms with Gasteiger partial charge in [0.1, 0.15) is 6.61 Å². The largest absolute Gasteiger partial charge is 0.464 e. The molecule has 0 atom stereocenters. The van der Waals surface area contributed by atoms with Crippen molar-refractivity contribution in [2.75, 3.05) is 6.26 Å². The molecule has 0 bridgehead atoms. The maximum atomic E-state index is 5.47. The van der Waals surface area contributed by atoms with Crippen LogP contribution in [0.1, 0.15) is 5.56 Å². The van der Waals surface area contributed by atoms with Crippen molar-refractivity contribution in [1.29, 1.82) is 0 Å². The Morgan fingerprint density at radius 2 is 2.50 bits per heavy atom. The van der Waals surface area contributed by atoms with Gasteiger partial charge in [-0.3, -0.25) is 0 Å². The van der Waals surface area contributed by atoms with Gasteiger partial charge in [0.2, 0.25) is 5.16 Å². The lowest BCUT2D eigenvalue weighted by Crippen LogP contribution is -1.92. The number of rotatable bonds is 4. The van der Waals surface area contributed by atoms with Gasteiger partial charge < -0.3 is 4.74 Å². The number of hydrogen-bond donors (Lipinski definition) is 0. The smallest absolute Gasteiger partial charge is 0.294 e. The fourth-order valence-corrected chi connectivity index (χ4v) is 2.59. The van der Waals surface area contributed by atoms with Crippen molar-refractivity contribution in [3.8, 4) is 5.19 Å². The highest BCUT2D eigenvalue weighted by molar-refractivity contribution is 7.98. The van der Waals surface area contributed by atoms with Crippen LogP contribution in [0.4, 0.5) is 0 Å². The van der Waals surface area contributed by atoms with Gasteiger partial charge in [-0.05, 0) is 23.1 Å². The van der Waals surface area contributed by atoms with Crippen LogP contribution in [-0.4, -0.2) is 15.6 Å². The Hall–Kier alpha value is -0.590. The first-order valence-corrected chi connectivity index (χ1v) is 6.84. The van der Waals surface area contributed by atoms with Crippen LogP contribution in [-0.2, 0) is 6.61 Å². The number of thiophene rings is 1. The van der Waals surface area contributed by atoms with Crippen molar-refractivity contribution in [2.24, 2.45) is 0 Å². The number of hydrogen-bond acceptors (Lipinski definition) is 6. The molecule has 0 saturated heterocycles. The second kappa shape index (κ2) is 4.77. The molecule has 0 saturated carbocycles. The number of ether oxygens (including phenoxy) is 1. The Morgan fingerprint density at radius 3 is 3.14 bits per heavy atom. The lowest BCUT2D eigenvalue weighted by atomic mass is 10.4. The van der Waals surface area contributed by atoms with Crippen molar-refractivity contribution in [1.82, 2.24) is 9.36 Å². The highest BCUT2D eigenvalue weighted by Crippen LogP contribution is 2.20. The van der Waals surface area contributed by atoms with Crippen molar-refractivity contribution in [2.45, 2.75) is 11.8 Å². The van der Waals surface area contributed by atoms with Gasteiger partial charge in [0.15, 0.2) is 0 Å². The molecule has 0 amide bonds. The van der Waals surface area contributed by atoms with Crippen LogP contribution < -0.4 is 4.74 Å². The summed E-state index contributed by atoms with van der Waals surface area (Å²) < 4.78 is 9.58. The molecule has 0 unspecified atom stereocenters. The minimum Gasteiger partial charge on any atom is -0.464 e. The summed E-state index contributed by atoms with van der Waals surface area (Å²) in [5, 5.41) is 5.51. The van der Waals surface area contributed by atoms with Gasteiger partial charge in [-0.2, -0.15) is 20.7 Å². The van der Waals surface area contributed by atoms with Crippen LogP contribution in [0, 0.1) is 0 Å². The standard InChI is InChI=1S/C8H8N2OS3/c1-12-7-9-8(14-10-7)11-4-6-2-3-13-5-6/h2-3,5H,4H2,1H3. The molecular formula is C8H8N2OS3. The number of aromatic nitrogens is 2. The third-order valence-corrected chi connectivity index (χ3v) is 3.54. The maximum Gasteiger partial charge on any atom is 0.294 e. The van der Waals surface area contributed by atoms with Gasteiger partial charge in [-0.25, -0.2) is 0 Å². The zero-order valence-corrected chi connectivity index (χ0v) is 9.92. The SMILES string of the molecule is CSc1nsc(OCc2ccsc2)n1. The zero-order chi connectivity index (χ0) is 9.80. The molecule has 0 fully saturated rings. The lowest BCUT2D eigenvalue weighted by Gasteiger charge is -1.97. The van der Waals surface area contributed by atoms with Crippen LogP contribution >= 0.6 is 34.6 Å². The highest BCUT2D eigenvalue weighted by atomic mass is 32.2. The summed E-state index contributed by atoms with van der Waals surface area (Å²) in [5.41, 5.74) is 1.18. The zero-order valence-electron chi connectivity index (χ0n) is 7.47. The van der Waals surface area contributed by atoms with Gasteiger partial charge in [0, 0.05) is 17.1 Å². The van der Waals surface area contributed by atoms with E-state index in [1.807, 2.05) is 17.7 Å². The molecule has 0 aliphatic carbocycles. The van der Waals surface area contributed by atoms with Crippen molar-refractivity contribution >= 4 is 34.6 Å². The molecule has 74 valence electrons. The maximum absolute atomic E-state index is 5.47. The molecule has 0 radical (unpaired) electrons. The molecule has 3 nitrogen and oxygen atoms in total. The van der Waals surface area contributed by atoms with Crippen LogP contribution in [0.3, 0.4) is 0 Å². The molecular weight excluding hydrogens is 236 g/mol. The van der Waals surface area contributed by atoms with Crippen LogP contribution in [0.25, 0.3) is 0 Å². The Bertz CT molecular complexity index is 385. The summed E-state index contributed by atoms with van der Waals surface area (Å²) in [6.07, 6.45) is 1.95. The third kappa shape index (κ3) is 2.46. The monoisotopic (exact) mass is 244 g/mol. The Labute approximate surface area is 94.3 Å². The van der Waals surface area contributed by atoms with E-state index in [0.717, 1.165) is 5.16 Å². The Balaban J connectivity index is 1.92. The van der Waals surface area contributed by atoms with E-state index in [1.165, 1.54) is 28.9 Å². The minimum atomic E-state index is 0.576. The molecule has 0 aliphatic heterocycles. The van der Waals surface area contributed by atoms with E-state index in [1.54, 1.807) is 11.3 Å². The van der Waals surface area contributed by atoms with E-state index in [-0.39, 0.29) is 0 Å². The molecule has 2 aromatic rings. The number of thioether (sulfide) groups is 1. The molecule has 2 heterocycles. The summed E-state index contributed by atoms with van der Waals surface area (Å²) >= 11 is 4.49. The average Bonchev–Trinajstić information content (AvgIpc) is 2.86. The fourth-order valence-electron chi connectivity index (χ4n) is 0.858. The fraction of sp³-hybridized carbons (Fsp3) is 0.250. The Kier molecular flexibility index (Phi) is 3.39. The minimum absolute atomic E-state index is 0.576. The topological polar surface area (TPSA) is 35.0 Å². The normalized spacial score (nSPS) is 10.4. The predicted octanol–water partition coefficient (Wildman–Crippen LogP) is 2.90. The van der Waals surface area contributed by atoms with Crippen molar-refractivity contribution in [3.05, 3.63) is 22.4 Å². The molecule has 2 aromatic heterocycles. The summed E-state index contributed by atoms with van der Waals surface area (Å²) in [4.78, 5) is 4.18.